The summed E-state index contributed by atoms with van der Waals surface area (Å²) in [6, 6.07) is 10.5. The minimum Gasteiger partial charge on any atom is -0.493 e. The zero-order valence-corrected chi connectivity index (χ0v) is 15.5. The van der Waals surface area contributed by atoms with Gasteiger partial charge < -0.3 is 14.4 Å². The van der Waals surface area contributed by atoms with Crippen LogP contribution in [0.3, 0.4) is 0 Å². The molecule has 2 aromatic carbocycles. The number of methoxy groups -OCH3 is 2. The Bertz CT molecular complexity index is 732. The van der Waals surface area contributed by atoms with Crippen molar-refractivity contribution >= 4 is 29.1 Å². The Hall–Kier alpha value is -1.91. The topological polar surface area (TPSA) is 38.8 Å². The second kappa shape index (κ2) is 7.77. The van der Waals surface area contributed by atoms with Crippen LogP contribution in [0.4, 0.5) is 0 Å². The summed E-state index contributed by atoms with van der Waals surface area (Å²) in [4.78, 5) is 14.4. The molecule has 0 fully saturated rings. The van der Waals surface area contributed by atoms with E-state index in [1.54, 1.807) is 36.2 Å². The van der Waals surface area contributed by atoms with Crippen molar-refractivity contribution in [3.8, 4) is 11.5 Å². The van der Waals surface area contributed by atoms with Crippen LogP contribution < -0.4 is 9.47 Å². The van der Waals surface area contributed by atoms with Gasteiger partial charge in [0.15, 0.2) is 11.5 Å². The van der Waals surface area contributed by atoms with Gasteiger partial charge in [0.2, 0.25) is 0 Å². The fourth-order valence-electron chi connectivity index (χ4n) is 2.39. The lowest BCUT2D eigenvalue weighted by Crippen LogP contribution is -2.29. The molecule has 2 rings (SSSR count). The molecule has 24 heavy (non-hydrogen) atoms. The molecule has 1 unspecified atom stereocenters. The monoisotopic (exact) mass is 367 g/mol. The largest absolute Gasteiger partial charge is 0.493 e. The van der Waals surface area contributed by atoms with Crippen LogP contribution >= 0.6 is 23.2 Å². The molecule has 128 valence electrons. The molecule has 0 bridgehead atoms. The van der Waals surface area contributed by atoms with Crippen LogP contribution in [0.1, 0.15) is 28.9 Å². The fourth-order valence-corrected chi connectivity index (χ4v) is 2.80. The normalized spacial score (nSPS) is 11.8. The van der Waals surface area contributed by atoms with E-state index in [4.69, 9.17) is 32.7 Å². The van der Waals surface area contributed by atoms with E-state index in [0.717, 1.165) is 5.56 Å². The van der Waals surface area contributed by atoms with Gasteiger partial charge in [-0.25, -0.2) is 0 Å². The van der Waals surface area contributed by atoms with Crippen molar-refractivity contribution < 1.29 is 14.3 Å². The average molecular weight is 368 g/mol. The van der Waals surface area contributed by atoms with Crippen molar-refractivity contribution in [2.24, 2.45) is 0 Å². The highest BCUT2D eigenvalue weighted by atomic mass is 35.5. The molecule has 1 amide bonds. The first-order valence-electron chi connectivity index (χ1n) is 7.33. The average Bonchev–Trinajstić information content (AvgIpc) is 2.59. The summed E-state index contributed by atoms with van der Waals surface area (Å²) in [5.74, 6) is 0.658. The molecule has 0 radical (unpaired) electrons. The van der Waals surface area contributed by atoms with Gasteiger partial charge in [-0.2, -0.15) is 0 Å². The quantitative estimate of drug-likeness (QED) is 0.758. The first-order chi connectivity index (χ1) is 11.4. The van der Waals surface area contributed by atoms with E-state index in [0.29, 0.717) is 27.1 Å². The molecule has 0 N–H and O–H groups in total. The standard InChI is InChI=1S/C18H19Cl2NO3/c1-11(12-5-7-14(19)8-6-12)21(2)18(22)13-9-15(20)17(24-4)16(10-13)23-3/h5-11H,1-4H3. The summed E-state index contributed by atoms with van der Waals surface area (Å²) >= 11 is 12.1. The SMILES string of the molecule is COc1cc(C(=O)N(C)C(C)c2ccc(Cl)cc2)cc(Cl)c1OC. The smallest absolute Gasteiger partial charge is 0.254 e. The highest BCUT2D eigenvalue weighted by Crippen LogP contribution is 2.36. The van der Waals surface area contributed by atoms with Crippen LogP contribution in [0.5, 0.6) is 11.5 Å². The Morgan fingerprint density at radius 1 is 1.08 bits per heavy atom. The third-order valence-electron chi connectivity index (χ3n) is 3.93. The number of carbonyl (C=O) groups excluding carboxylic acids is 1. The predicted octanol–water partition coefficient (Wildman–Crippen LogP) is 4.84. The molecule has 0 saturated carbocycles. The van der Waals surface area contributed by atoms with Crippen molar-refractivity contribution in [1.82, 2.24) is 4.90 Å². The predicted molar refractivity (Wildman–Crippen MR) is 96.5 cm³/mol. The van der Waals surface area contributed by atoms with Crippen LogP contribution in [-0.4, -0.2) is 32.1 Å². The molecule has 0 aromatic heterocycles. The van der Waals surface area contributed by atoms with Gasteiger partial charge >= 0.3 is 0 Å². The number of rotatable bonds is 5. The van der Waals surface area contributed by atoms with E-state index in [2.05, 4.69) is 0 Å². The summed E-state index contributed by atoms with van der Waals surface area (Å²) in [6.45, 7) is 1.95. The molecule has 0 saturated heterocycles. The number of carbonyl (C=O) groups is 1. The van der Waals surface area contributed by atoms with E-state index < -0.39 is 0 Å². The summed E-state index contributed by atoms with van der Waals surface area (Å²) < 4.78 is 10.4. The van der Waals surface area contributed by atoms with Gasteiger partial charge in [-0.15, -0.1) is 0 Å². The Labute approximate surface area is 151 Å². The second-order valence-corrected chi connectivity index (χ2v) is 6.18. The molecule has 1 atom stereocenters. The number of hydrogen-bond donors (Lipinski definition) is 0. The van der Waals surface area contributed by atoms with Crippen LogP contribution in [0.15, 0.2) is 36.4 Å². The fraction of sp³-hybridized carbons (Fsp3) is 0.278. The maximum absolute atomic E-state index is 12.8. The van der Waals surface area contributed by atoms with Crippen molar-refractivity contribution in [3.05, 3.63) is 57.6 Å². The molecule has 0 aliphatic rings. The number of hydrogen-bond acceptors (Lipinski definition) is 3. The summed E-state index contributed by atoms with van der Waals surface area (Å²) in [6.07, 6.45) is 0. The number of halogens is 2. The van der Waals surface area contributed by atoms with Crippen molar-refractivity contribution in [2.45, 2.75) is 13.0 Å². The first kappa shape index (κ1) is 18.4. The Kier molecular flexibility index (Phi) is 5.97. The third-order valence-corrected chi connectivity index (χ3v) is 4.47. The highest BCUT2D eigenvalue weighted by molar-refractivity contribution is 6.32. The molecule has 6 heteroatoms. The summed E-state index contributed by atoms with van der Waals surface area (Å²) in [5.41, 5.74) is 1.42. The summed E-state index contributed by atoms with van der Waals surface area (Å²) in [7, 11) is 4.74. The molecular formula is C18H19Cl2NO3. The Balaban J connectivity index is 2.30. The van der Waals surface area contributed by atoms with Crippen LogP contribution in [-0.2, 0) is 0 Å². The number of ether oxygens (including phenoxy) is 2. The van der Waals surface area contributed by atoms with E-state index >= 15 is 0 Å². The maximum atomic E-state index is 12.8. The molecule has 0 aliphatic carbocycles. The van der Waals surface area contributed by atoms with E-state index in [1.165, 1.54) is 14.2 Å². The first-order valence-corrected chi connectivity index (χ1v) is 8.08. The molecule has 4 nitrogen and oxygen atoms in total. The zero-order chi connectivity index (χ0) is 17.9. The Morgan fingerprint density at radius 2 is 1.71 bits per heavy atom. The van der Waals surface area contributed by atoms with E-state index in [9.17, 15) is 4.79 Å². The third kappa shape index (κ3) is 3.77. The lowest BCUT2D eigenvalue weighted by atomic mass is 10.1. The highest BCUT2D eigenvalue weighted by Gasteiger charge is 2.22. The second-order valence-electron chi connectivity index (χ2n) is 5.34. The van der Waals surface area contributed by atoms with Crippen LogP contribution in [0, 0.1) is 0 Å². The van der Waals surface area contributed by atoms with E-state index in [-0.39, 0.29) is 11.9 Å². The van der Waals surface area contributed by atoms with Gasteiger partial charge in [-0.3, -0.25) is 4.79 Å². The van der Waals surface area contributed by atoms with Crippen molar-refractivity contribution in [2.75, 3.05) is 21.3 Å². The maximum Gasteiger partial charge on any atom is 0.254 e. The minimum atomic E-state index is -0.166. The molecule has 0 heterocycles. The van der Waals surface area contributed by atoms with Crippen molar-refractivity contribution in [3.63, 3.8) is 0 Å². The van der Waals surface area contributed by atoms with Gasteiger partial charge in [0, 0.05) is 17.6 Å². The number of benzene rings is 2. The van der Waals surface area contributed by atoms with Gasteiger partial charge in [0.25, 0.3) is 5.91 Å². The molecule has 0 aliphatic heterocycles. The molecular weight excluding hydrogens is 349 g/mol. The van der Waals surface area contributed by atoms with E-state index in [1.807, 2.05) is 19.1 Å². The number of amides is 1. The lowest BCUT2D eigenvalue weighted by molar-refractivity contribution is 0.0742. The zero-order valence-electron chi connectivity index (χ0n) is 14.0. The lowest BCUT2D eigenvalue weighted by Gasteiger charge is -2.26. The number of nitrogens with zero attached hydrogens (tertiary/aromatic N) is 1. The van der Waals surface area contributed by atoms with Gasteiger partial charge in [-0.05, 0) is 36.8 Å². The Morgan fingerprint density at radius 3 is 2.25 bits per heavy atom. The molecule has 2 aromatic rings. The van der Waals surface area contributed by atoms with Crippen LogP contribution in [0.2, 0.25) is 10.0 Å². The van der Waals surface area contributed by atoms with Crippen LogP contribution in [0.25, 0.3) is 0 Å². The molecule has 0 spiro atoms. The van der Waals surface area contributed by atoms with Gasteiger partial charge in [0.1, 0.15) is 0 Å². The van der Waals surface area contributed by atoms with Gasteiger partial charge in [0.05, 0.1) is 25.3 Å². The van der Waals surface area contributed by atoms with Gasteiger partial charge in [-0.1, -0.05) is 35.3 Å². The van der Waals surface area contributed by atoms with Crippen molar-refractivity contribution in [1.29, 1.82) is 0 Å². The summed E-state index contributed by atoms with van der Waals surface area (Å²) in [5, 5.41) is 0.986. The minimum absolute atomic E-state index is 0.123.